The molecule has 0 spiro atoms. The van der Waals surface area contributed by atoms with Gasteiger partial charge in [-0.1, -0.05) is 42.5 Å². The summed E-state index contributed by atoms with van der Waals surface area (Å²) in [7, 11) is -5.10. The predicted molar refractivity (Wildman–Crippen MR) is 117 cm³/mol. The molecule has 0 aliphatic rings. The Hall–Kier alpha value is -3.77. The van der Waals surface area contributed by atoms with Crippen LogP contribution in [0.25, 0.3) is 21.9 Å². The van der Waals surface area contributed by atoms with Crippen molar-refractivity contribution in [3.05, 3.63) is 93.9 Å². The number of benzene rings is 3. The van der Waals surface area contributed by atoms with Crippen LogP contribution in [-0.2, 0) is 16.6 Å². The Kier molecular flexibility index (Phi) is 6.59. The van der Waals surface area contributed by atoms with Crippen LogP contribution >= 0.6 is 0 Å². The number of aromatic amines is 1. The summed E-state index contributed by atoms with van der Waals surface area (Å²) in [5, 5.41) is 0.763. The maximum atomic E-state index is 14.2. The molecule has 0 radical (unpaired) electrons. The highest BCUT2D eigenvalue weighted by molar-refractivity contribution is 7.89. The SMILES string of the molecule is O=c1[nH]c(CNS(=O)(=O)c2c(F)c(F)c(F)c(F)c2OCF)cc2ccc(-c3ccccc3)cc12. The molecule has 0 atom stereocenters. The van der Waals surface area contributed by atoms with Crippen molar-refractivity contribution >= 4 is 20.8 Å². The highest BCUT2D eigenvalue weighted by Crippen LogP contribution is 2.34. The normalized spacial score (nSPS) is 11.7. The van der Waals surface area contributed by atoms with Gasteiger partial charge in [-0.15, -0.1) is 0 Å². The van der Waals surface area contributed by atoms with E-state index in [1.165, 1.54) is 6.07 Å². The van der Waals surface area contributed by atoms with E-state index in [2.05, 4.69) is 9.72 Å². The minimum atomic E-state index is -5.10. The first kappa shape index (κ1) is 24.4. The summed E-state index contributed by atoms with van der Waals surface area (Å²) in [6.45, 7) is -2.49. The monoisotopic (exact) mass is 510 g/mol. The van der Waals surface area contributed by atoms with Crippen LogP contribution in [0.5, 0.6) is 5.75 Å². The summed E-state index contributed by atoms with van der Waals surface area (Å²) in [6.07, 6.45) is 0. The second-order valence-electron chi connectivity index (χ2n) is 7.28. The Morgan fingerprint density at radius 1 is 0.857 bits per heavy atom. The number of halogens is 5. The molecule has 0 unspecified atom stereocenters. The van der Waals surface area contributed by atoms with Gasteiger partial charge in [-0.2, -0.15) is 4.39 Å². The van der Waals surface area contributed by atoms with Gasteiger partial charge in [-0.3, -0.25) is 4.79 Å². The fourth-order valence-electron chi connectivity index (χ4n) is 3.48. The Labute approximate surface area is 195 Å². The molecule has 0 aliphatic heterocycles. The second-order valence-corrected chi connectivity index (χ2v) is 8.99. The smallest absolute Gasteiger partial charge is 0.256 e. The maximum absolute atomic E-state index is 14.2. The first-order valence-electron chi connectivity index (χ1n) is 9.89. The number of rotatable bonds is 7. The van der Waals surface area contributed by atoms with Crippen LogP contribution < -0.4 is 15.0 Å². The number of hydrogen-bond acceptors (Lipinski definition) is 4. The average Bonchev–Trinajstić information content (AvgIpc) is 2.85. The van der Waals surface area contributed by atoms with E-state index in [1.807, 2.05) is 35.1 Å². The summed E-state index contributed by atoms with van der Waals surface area (Å²) in [5.41, 5.74) is 1.11. The van der Waals surface area contributed by atoms with E-state index in [0.29, 0.717) is 10.8 Å². The zero-order chi connectivity index (χ0) is 25.3. The lowest BCUT2D eigenvalue weighted by atomic mass is 10.0. The van der Waals surface area contributed by atoms with Gasteiger partial charge >= 0.3 is 0 Å². The lowest BCUT2D eigenvalue weighted by molar-refractivity contribution is 0.173. The van der Waals surface area contributed by atoms with Crippen LogP contribution in [0.2, 0.25) is 0 Å². The van der Waals surface area contributed by atoms with Gasteiger partial charge in [0.05, 0.1) is 6.54 Å². The van der Waals surface area contributed by atoms with E-state index in [4.69, 9.17) is 0 Å². The molecule has 2 N–H and O–H groups in total. The van der Waals surface area contributed by atoms with Crippen LogP contribution in [0.3, 0.4) is 0 Å². The third kappa shape index (κ3) is 4.62. The van der Waals surface area contributed by atoms with E-state index in [-0.39, 0.29) is 5.69 Å². The molecule has 0 fully saturated rings. The van der Waals surface area contributed by atoms with Crippen molar-refractivity contribution in [2.24, 2.45) is 0 Å². The standard InChI is InChI=1S/C23H15F5N2O4S/c24-11-34-21-19(27)17(25)18(26)20(28)22(21)35(32,33)29-10-15-8-14-7-6-13(9-16(14)23(31)30-15)12-4-2-1-3-5-12/h1-9,29H,10-11H2,(H,30,31). The highest BCUT2D eigenvalue weighted by Gasteiger charge is 2.34. The van der Waals surface area contributed by atoms with Crippen LogP contribution in [0, 0.1) is 23.3 Å². The third-order valence-electron chi connectivity index (χ3n) is 5.11. The molecule has 0 saturated heterocycles. The number of hydrogen-bond donors (Lipinski definition) is 2. The van der Waals surface area contributed by atoms with Crippen molar-refractivity contribution in [2.45, 2.75) is 11.4 Å². The third-order valence-corrected chi connectivity index (χ3v) is 6.54. The van der Waals surface area contributed by atoms with Crippen LogP contribution in [0.4, 0.5) is 22.0 Å². The quantitative estimate of drug-likeness (QED) is 0.217. The highest BCUT2D eigenvalue weighted by atomic mass is 32.2. The van der Waals surface area contributed by atoms with E-state index < -0.39 is 62.9 Å². The molecule has 0 bridgehead atoms. The number of pyridine rings is 1. The molecular weight excluding hydrogens is 495 g/mol. The number of fused-ring (bicyclic) bond motifs is 1. The largest absolute Gasteiger partial charge is 0.458 e. The molecule has 6 nitrogen and oxygen atoms in total. The van der Waals surface area contributed by atoms with Crippen molar-refractivity contribution in [1.82, 2.24) is 9.71 Å². The molecule has 12 heteroatoms. The van der Waals surface area contributed by atoms with Crippen molar-refractivity contribution in [3.8, 4) is 16.9 Å². The molecule has 182 valence electrons. The van der Waals surface area contributed by atoms with Gasteiger partial charge in [-0.25, -0.2) is 30.7 Å². The van der Waals surface area contributed by atoms with Crippen LogP contribution in [0.1, 0.15) is 5.69 Å². The van der Waals surface area contributed by atoms with Crippen molar-refractivity contribution in [1.29, 1.82) is 0 Å². The maximum Gasteiger partial charge on any atom is 0.256 e. The molecular formula is C23H15F5N2O4S. The molecule has 35 heavy (non-hydrogen) atoms. The molecule has 1 aromatic heterocycles. The van der Waals surface area contributed by atoms with E-state index in [1.54, 1.807) is 18.2 Å². The molecule has 4 aromatic rings. The Bertz CT molecular complexity index is 1590. The summed E-state index contributed by atoms with van der Waals surface area (Å²) < 4.78 is 99.0. The minimum absolute atomic E-state index is 0.0231. The second kappa shape index (κ2) is 9.47. The summed E-state index contributed by atoms with van der Waals surface area (Å²) in [5.74, 6) is -10.9. The summed E-state index contributed by atoms with van der Waals surface area (Å²) in [4.78, 5) is 13.3. The molecule has 0 aliphatic carbocycles. The fourth-order valence-corrected chi connectivity index (χ4v) is 4.69. The zero-order valence-corrected chi connectivity index (χ0v) is 18.4. The number of sulfonamides is 1. The van der Waals surface area contributed by atoms with E-state index in [0.717, 1.165) is 11.1 Å². The minimum Gasteiger partial charge on any atom is -0.458 e. The topological polar surface area (TPSA) is 88.3 Å². The van der Waals surface area contributed by atoms with Gasteiger partial charge in [0, 0.05) is 11.1 Å². The zero-order valence-electron chi connectivity index (χ0n) is 17.5. The number of nitrogens with one attached hydrogen (secondary N) is 2. The van der Waals surface area contributed by atoms with Gasteiger partial charge in [-0.05, 0) is 28.6 Å². The van der Waals surface area contributed by atoms with Gasteiger partial charge in [0.15, 0.2) is 22.3 Å². The van der Waals surface area contributed by atoms with Gasteiger partial charge < -0.3 is 9.72 Å². The van der Waals surface area contributed by atoms with Crippen molar-refractivity contribution < 1.29 is 35.1 Å². The lowest BCUT2D eigenvalue weighted by Crippen LogP contribution is -2.27. The van der Waals surface area contributed by atoms with E-state index in [9.17, 15) is 35.2 Å². The molecule has 3 aromatic carbocycles. The Morgan fingerprint density at radius 2 is 1.54 bits per heavy atom. The van der Waals surface area contributed by atoms with Crippen LogP contribution in [0.15, 0.2) is 64.3 Å². The predicted octanol–water partition coefficient (Wildman–Crippen LogP) is 4.54. The summed E-state index contributed by atoms with van der Waals surface area (Å²) >= 11 is 0. The lowest BCUT2D eigenvalue weighted by Gasteiger charge is -2.14. The Morgan fingerprint density at radius 3 is 2.23 bits per heavy atom. The fraction of sp³-hybridized carbons (Fsp3) is 0.0870. The van der Waals surface area contributed by atoms with Crippen LogP contribution in [-0.4, -0.2) is 20.3 Å². The first-order valence-corrected chi connectivity index (χ1v) is 11.4. The van der Waals surface area contributed by atoms with Crippen molar-refractivity contribution in [2.75, 3.05) is 6.86 Å². The van der Waals surface area contributed by atoms with Gasteiger partial charge in [0.1, 0.15) is 0 Å². The first-order chi connectivity index (χ1) is 16.6. The molecule has 0 amide bonds. The van der Waals surface area contributed by atoms with E-state index >= 15 is 0 Å². The number of H-pyrrole nitrogens is 1. The number of alkyl halides is 1. The van der Waals surface area contributed by atoms with Crippen molar-refractivity contribution in [3.63, 3.8) is 0 Å². The molecule has 4 rings (SSSR count). The summed E-state index contributed by atoms with van der Waals surface area (Å²) in [6, 6.07) is 15.7. The number of aromatic nitrogens is 1. The Balaban J connectivity index is 1.67. The number of ether oxygens (including phenoxy) is 1. The molecule has 0 saturated carbocycles. The molecule has 1 heterocycles. The average molecular weight is 510 g/mol. The van der Waals surface area contributed by atoms with Gasteiger partial charge in [0.2, 0.25) is 28.5 Å². The van der Waals surface area contributed by atoms with Gasteiger partial charge in [0.25, 0.3) is 5.56 Å².